The number of carbonyl (C=O) groups excluding carboxylic acids is 2. The number of hydrogen-bond donors (Lipinski definition) is 1. The first-order valence-corrected chi connectivity index (χ1v) is 6.52. The minimum absolute atomic E-state index is 0.144. The molecule has 0 bridgehead atoms. The van der Waals surface area contributed by atoms with Gasteiger partial charge in [0.25, 0.3) is 0 Å². The van der Waals surface area contributed by atoms with Crippen molar-refractivity contribution < 1.29 is 19.1 Å². The van der Waals surface area contributed by atoms with E-state index < -0.39 is 17.5 Å². The largest absolute Gasteiger partial charge is 0.462 e. The third kappa shape index (κ3) is 4.35. The van der Waals surface area contributed by atoms with E-state index >= 15 is 0 Å². The van der Waals surface area contributed by atoms with E-state index in [4.69, 9.17) is 15.2 Å². The van der Waals surface area contributed by atoms with E-state index in [1.54, 1.807) is 45.9 Å². The standard InChI is InChI=1S/C15H21NO4/c1-5-19-14(18)12-7-6-10(8-11(12)9-16)13(17)20-15(2,3)4/h6-8H,5,9,16H2,1-4H3. The van der Waals surface area contributed by atoms with Crippen LogP contribution in [0.5, 0.6) is 0 Å². The summed E-state index contributed by atoms with van der Waals surface area (Å²) in [5.41, 5.74) is 6.36. The number of esters is 2. The Morgan fingerprint density at radius 1 is 1.20 bits per heavy atom. The van der Waals surface area contributed by atoms with E-state index in [-0.39, 0.29) is 13.2 Å². The minimum atomic E-state index is -0.570. The second kappa shape index (κ2) is 6.52. The zero-order valence-corrected chi connectivity index (χ0v) is 12.4. The molecule has 0 unspecified atom stereocenters. The second-order valence-corrected chi connectivity index (χ2v) is 5.30. The number of carbonyl (C=O) groups is 2. The fourth-order valence-corrected chi connectivity index (χ4v) is 1.63. The van der Waals surface area contributed by atoms with Gasteiger partial charge in [0.05, 0.1) is 17.7 Å². The summed E-state index contributed by atoms with van der Waals surface area (Å²) >= 11 is 0. The molecule has 0 saturated heterocycles. The van der Waals surface area contributed by atoms with Gasteiger partial charge >= 0.3 is 11.9 Å². The molecule has 5 nitrogen and oxygen atoms in total. The summed E-state index contributed by atoms with van der Waals surface area (Å²) in [4.78, 5) is 23.7. The van der Waals surface area contributed by atoms with Gasteiger partial charge in [0.2, 0.25) is 0 Å². The lowest BCUT2D eigenvalue weighted by Gasteiger charge is -2.20. The Balaban J connectivity index is 3.03. The Morgan fingerprint density at radius 3 is 2.35 bits per heavy atom. The molecule has 0 radical (unpaired) electrons. The van der Waals surface area contributed by atoms with Gasteiger partial charge in [-0.3, -0.25) is 0 Å². The summed E-state index contributed by atoms with van der Waals surface area (Å²) in [6, 6.07) is 4.65. The third-order valence-corrected chi connectivity index (χ3v) is 2.46. The van der Waals surface area contributed by atoms with Crippen LogP contribution in [0.15, 0.2) is 18.2 Å². The molecular weight excluding hydrogens is 258 g/mol. The van der Waals surface area contributed by atoms with Crippen molar-refractivity contribution in [3.63, 3.8) is 0 Å². The van der Waals surface area contributed by atoms with Crippen molar-refractivity contribution in [3.8, 4) is 0 Å². The molecule has 0 amide bonds. The smallest absolute Gasteiger partial charge is 0.338 e. The number of rotatable bonds is 4. The molecule has 0 aliphatic rings. The first kappa shape index (κ1) is 16.2. The lowest BCUT2D eigenvalue weighted by atomic mass is 10.0. The molecule has 0 heterocycles. The van der Waals surface area contributed by atoms with Crippen molar-refractivity contribution >= 4 is 11.9 Å². The van der Waals surface area contributed by atoms with Gasteiger partial charge in [-0.15, -0.1) is 0 Å². The SMILES string of the molecule is CCOC(=O)c1ccc(C(=O)OC(C)(C)C)cc1CN. The van der Waals surface area contributed by atoms with Gasteiger partial charge in [-0.1, -0.05) is 0 Å². The van der Waals surface area contributed by atoms with Crippen molar-refractivity contribution in [2.24, 2.45) is 5.73 Å². The van der Waals surface area contributed by atoms with Crippen LogP contribution in [-0.4, -0.2) is 24.1 Å². The maximum Gasteiger partial charge on any atom is 0.338 e. The fourth-order valence-electron chi connectivity index (χ4n) is 1.63. The molecule has 20 heavy (non-hydrogen) atoms. The number of ether oxygens (including phenoxy) is 2. The van der Waals surface area contributed by atoms with Gasteiger partial charge in [-0.05, 0) is 51.5 Å². The molecule has 1 aromatic rings. The molecule has 0 aliphatic carbocycles. The van der Waals surface area contributed by atoms with Crippen molar-refractivity contribution in [2.45, 2.75) is 39.8 Å². The van der Waals surface area contributed by atoms with E-state index in [1.807, 2.05) is 0 Å². The van der Waals surface area contributed by atoms with Gasteiger partial charge in [-0.25, -0.2) is 9.59 Å². The van der Waals surface area contributed by atoms with Crippen LogP contribution in [0, 0.1) is 0 Å². The van der Waals surface area contributed by atoms with Crippen LogP contribution in [-0.2, 0) is 16.0 Å². The van der Waals surface area contributed by atoms with Gasteiger partial charge in [0, 0.05) is 6.54 Å². The molecule has 110 valence electrons. The molecule has 0 aliphatic heterocycles. The highest BCUT2D eigenvalue weighted by Gasteiger charge is 2.20. The average molecular weight is 279 g/mol. The van der Waals surface area contributed by atoms with Crippen LogP contribution in [0.4, 0.5) is 0 Å². The highest BCUT2D eigenvalue weighted by atomic mass is 16.6. The Labute approximate surface area is 119 Å². The first-order chi connectivity index (χ1) is 9.28. The van der Waals surface area contributed by atoms with E-state index in [0.717, 1.165) is 0 Å². The first-order valence-electron chi connectivity index (χ1n) is 6.52. The average Bonchev–Trinajstić information content (AvgIpc) is 2.36. The molecule has 0 fully saturated rings. The Hall–Kier alpha value is -1.88. The van der Waals surface area contributed by atoms with Gasteiger partial charge in [-0.2, -0.15) is 0 Å². The topological polar surface area (TPSA) is 78.6 Å². The van der Waals surface area contributed by atoms with E-state index in [1.165, 1.54) is 0 Å². The van der Waals surface area contributed by atoms with Gasteiger partial charge < -0.3 is 15.2 Å². The number of hydrogen-bond acceptors (Lipinski definition) is 5. The van der Waals surface area contributed by atoms with Crippen LogP contribution in [0.1, 0.15) is 54.0 Å². The fraction of sp³-hybridized carbons (Fsp3) is 0.467. The van der Waals surface area contributed by atoms with Crippen LogP contribution in [0.2, 0.25) is 0 Å². The van der Waals surface area contributed by atoms with E-state index in [9.17, 15) is 9.59 Å². The summed E-state index contributed by atoms with van der Waals surface area (Å²) in [5.74, 6) is -0.883. The zero-order valence-electron chi connectivity index (χ0n) is 12.4. The van der Waals surface area contributed by atoms with Crippen molar-refractivity contribution in [1.82, 2.24) is 0 Å². The predicted octanol–water partition coefficient (Wildman–Crippen LogP) is 2.28. The van der Waals surface area contributed by atoms with Crippen LogP contribution in [0.25, 0.3) is 0 Å². The molecule has 5 heteroatoms. The maximum atomic E-state index is 12.0. The van der Waals surface area contributed by atoms with Gasteiger partial charge in [0.15, 0.2) is 0 Å². The predicted molar refractivity (Wildman–Crippen MR) is 75.5 cm³/mol. The summed E-state index contributed by atoms with van der Waals surface area (Å²) in [6.45, 7) is 7.54. The minimum Gasteiger partial charge on any atom is -0.462 e. The molecule has 1 aromatic carbocycles. The molecule has 0 spiro atoms. The normalized spacial score (nSPS) is 11.1. The summed E-state index contributed by atoms with van der Waals surface area (Å²) in [5, 5.41) is 0. The van der Waals surface area contributed by atoms with Crippen molar-refractivity contribution in [2.75, 3.05) is 6.61 Å². The maximum absolute atomic E-state index is 12.0. The molecule has 0 atom stereocenters. The Bertz CT molecular complexity index is 503. The second-order valence-electron chi connectivity index (χ2n) is 5.30. The summed E-state index contributed by atoms with van der Waals surface area (Å²) in [6.07, 6.45) is 0. The molecule has 2 N–H and O–H groups in total. The van der Waals surface area contributed by atoms with E-state index in [2.05, 4.69) is 0 Å². The summed E-state index contributed by atoms with van der Waals surface area (Å²) < 4.78 is 10.2. The quantitative estimate of drug-likeness (QED) is 0.855. The van der Waals surface area contributed by atoms with Gasteiger partial charge in [0.1, 0.15) is 5.60 Å². The highest BCUT2D eigenvalue weighted by molar-refractivity contribution is 5.95. The third-order valence-electron chi connectivity index (χ3n) is 2.46. The van der Waals surface area contributed by atoms with E-state index in [0.29, 0.717) is 16.7 Å². The van der Waals surface area contributed by atoms with Crippen LogP contribution >= 0.6 is 0 Å². The molecule has 0 saturated carbocycles. The monoisotopic (exact) mass is 279 g/mol. The lowest BCUT2D eigenvalue weighted by Crippen LogP contribution is -2.24. The molecule has 0 aromatic heterocycles. The van der Waals surface area contributed by atoms with Crippen LogP contribution in [0.3, 0.4) is 0 Å². The Morgan fingerprint density at radius 2 is 1.85 bits per heavy atom. The Kier molecular flexibility index (Phi) is 5.27. The number of nitrogens with two attached hydrogens (primary N) is 1. The number of benzene rings is 1. The van der Waals surface area contributed by atoms with Crippen LogP contribution < -0.4 is 5.73 Å². The highest BCUT2D eigenvalue weighted by Crippen LogP contribution is 2.17. The lowest BCUT2D eigenvalue weighted by molar-refractivity contribution is 0.00688. The molecular formula is C15H21NO4. The zero-order chi connectivity index (χ0) is 15.3. The summed E-state index contributed by atoms with van der Waals surface area (Å²) in [7, 11) is 0. The van der Waals surface area contributed by atoms with Crippen molar-refractivity contribution in [1.29, 1.82) is 0 Å². The molecule has 1 rings (SSSR count). The van der Waals surface area contributed by atoms with Crippen molar-refractivity contribution in [3.05, 3.63) is 34.9 Å².